The molecule has 1 heterocycles. The zero-order valence-corrected chi connectivity index (χ0v) is 14.2. The van der Waals surface area contributed by atoms with Gasteiger partial charge in [0.05, 0.1) is 7.11 Å². The average molecular weight is 336 g/mol. The van der Waals surface area contributed by atoms with Crippen molar-refractivity contribution in [3.63, 3.8) is 0 Å². The number of benzene rings is 1. The van der Waals surface area contributed by atoms with Gasteiger partial charge < -0.3 is 14.2 Å². The topological polar surface area (TPSA) is 27.7 Å². The highest BCUT2D eigenvalue weighted by Gasteiger charge is 2.48. The molecule has 2 aliphatic rings. The molecule has 1 saturated heterocycles. The van der Waals surface area contributed by atoms with Crippen molar-refractivity contribution in [1.82, 2.24) is 0 Å². The van der Waals surface area contributed by atoms with Crippen LogP contribution >= 0.6 is 0 Å². The van der Waals surface area contributed by atoms with Gasteiger partial charge in [-0.1, -0.05) is 25.5 Å². The Bertz CT molecular complexity index is 696. The van der Waals surface area contributed by atoms with Crippen LogP contribution in [0.15, 0.2) is 35.6 Å². The molecule has 0 N–H and O–H groups in total. The Kier molecular flexibility index (Phi) is 4.63. The number of fused-ring (bicyclic) bond motifs is 1. The first-order chi connectivity index (χ1) is 11.5. The van der Waals surface area contributed by atoms with Gasteiger partial charge in [0, 0.05) is 12.5 Å². The average Bonchev–Trinajstić information content (AvgIpc) is 3.01. The van der Waals surface area contributed by atoms with E-state index >= 15 is 0 Å². The highest BCUT2D eigenvalue weighted by Crippen LogP contribution is 2.45. The second-order valence-corrected chi connectivity index (χ2v) is 6.37. The lowest BCUT2D eigenvalue weighted by molar-refractivity contribution is -0.0381. The number of rotatable bonds is 5. The Morgan fingerprint density at radius 1 is 1.25 bits per heavy atom. The van der Waals surface area contributed by atoms with Crippen LogP contribution in [0.2, 0.25) is 0 Å². The first-order valence-corrected chi connectivity index (χ1v) is 8.19. The van der Waals surface area contributed by atoms with E-state index < -0.39 is 17.2 Å². The molecule has 3 nitrogen and oxygen atoms in total. The fourth-order valence-corrected chi connectivity index (χ4v) is 3.49. The van der Waals surface area contributed by atoms with Gasteiger partial charge in [-0.3, -0.25) is 0 Å². The second kappa shape index (κ2) is 6.55. The monoisotopic (exact) mass is 336 g/mol. The van der Waals surface area contributed by atoms with E-state index in [-0.39, 0.29) is 18.5 Å². The number of hydrogen-bond donors (Lipinski definition) is 0. The lowest BCUT2D eigenvalue weighted by atomic mass is 9.75. The van der Waals surface area contributed by atoms with Crippen molar-refractivity contribution >= 4 is 0 Å². The van der Waals surface area contributed by atoms with Crippen LogP contribution in [0, 0.1) is 17.6 Å². The highest BCUT2D eigenvalue weighted by atomic mass is 19.1. The third-order valence-corrected chi connectivity index (χ3v) is 5.01. The minimum absolute atomic E-state index is 0.0659. The lowest BCUT2D eigenvalue weighted by Gasteiger charge is -2.36. The molecule has 130 valence electrons. The molecule has 5 heteroatoms. The molecule has 1 aliphatic carbocycles. The van der Waals surface area contributed by atoms with Crippen molar-refractivity contribution in [2.45, 2.75) is 38.7 Å². The molecule has 0 spiro atoms. The minimum Gasteiger partial charge on any atom is -0.494 e. The standard InChI is InChI=1S/C19H22F2O3/c1-4-13-5-6-18-19(10-13,24-11-23-18)12(2)7-14-8-16(21)17(22-3)9-15(14)20/h5-6,8-9,12H,4,7,10-11H2,1-3H3/t12-,19-/m1/s1. The van der Waals surface area contributed by atoms with Gasteiger partial charge in [-0.05, 0) is 36.5 Å². The van der Waals surface area contributed by atoms with E-state index in [9.17, 15) is 8.78 Å². The third kappa shape index (κ3) is 2.81. The van der Waals surface area contributed by atoms with Crippen molar-refractivity contribution in [1.29, 1.82) is 0 Å². The van der Waals surface area contributed by atoms with Crippen LogP contribution in [0.3, 0.4) is 0 Å². The number of hydrogen-bond acceptors (Lipinski definition) is 3. The molecule has 0 bridgehead atoms. The molecule has 0 unspecified atom stereocenters. The van der Waals surface area contributed by atoms with E-state index in [1.807, 2.05) is 13.0 Å². The Labute approximate surface area is 140 Å². The van der Waals surface area contributed by atoms with Gasteiger partial charge in [0.1, 0.15) is 17.2 Å². The summed E-state index contributed by atoms with van der Waals surface area (Å²) in [5, 5.41) is 0. The van der Waals surface area contributed by atoms with Crippen molar-refractivity contribution in [3.05, 3.63) is 52.8 Å². The SMILES string of the molecule is CCC1=CC=C2OCO[C@@]2([C@H](C)Cc2cc(F)c(OC)cc2F)C1. The van der Waals surface area contributed by atoms with Crippen LogP contribution < -0.4 is 4.74 Å². The summed E-state index contributed by atoms with van der Waals surface area (Å²) in [5.74, 6) is -0.402. The van der Waals surface area contributed by atoms with Gasteiger partial charge >= 0.3 is 0 Å². The largest absolute Gasteiger partial charge is 0.494 e. The smallest absolute Gasteiger partial charge is 0.189 e. The van der Waals surface area contributed by atoms with Gasteiger partial charge in [-0.15, -0.1) is 0 Å². The molecule has 2 atom stereocenters. The van der Waals surface area contributed by atoms with E-state index in [1.54, 1.807) is 0 Å². The van der Waals surface area contributed by atoms with Crippen LogP contribution in [-0.4, -0.2) is 19.5 Å². The quantitative estimate of drug-likeness (QED) is 0.791. The third-order valence-electron chi connectivity index (χ3n) is 5.01. The summed E-state index contributed by atoms with van der Waals surface area (Å²) in [5.41, 5.74) is 0.984. The summed E-state index contributed by atoms with van der Waals surface area (Å²) < 4.78 is 44.6. The van der Waals surface area contributed by atoms with Crippen LogP contribution in [0.4, 0.5) is 8.78 Å². The van der Waals surface area contributed by atoms with E-state index in [4.69, 9.17) is 14.2 Å². The molecule has 0 amide bonds. The number of methoxy groups -OCH3 is 1. The van der Waals surface area contributed by atoms with Crippen LogP contribution in [0.1, 0.15) is 32.3 Å². The molecular weight excluding hydrogens is 314 g/mol. The fraction of sp³-hybridized carbons (Fsp3) is 0.474. The Morgan fingerprint density at radius 3 is 2.75 bits per heavy atom. The van der Waals surface area contributed by atoms with Crippen LogP contribution in [0.5, 0.6) is 5.75 Å². The Hall–Kier alpha value is -1.88. The molecular formula is C19H22F2O3. The molecule has 1 fully saturated rings. The van der Waals surface area contributed by atoms with Gasteiger partial charge in [0.15, 0.2) is 18.4 Å². The van der Waals surface area contributed by atoms with E-state index in [1.165, 1.54) is 18.7 Å². The van der Waals surface area contributed by atoms with E-state index in [0.29, 0.717) is 12.0 Å². The summed E-state index contributed by atoms with van der Waals surface area (Å²) in [6.07, 6.45) is 5.99. The van der Waals surface area contributed by atoms with Crippen molar-refractivity contribution in [3.8, 4) is 5.75 Å². The van der Waals surface area contributed by atoms with Crippen LogP contribution in [-0.2, 0) is 15.9 Å². The fourth-order valence-electron chi connectivity index (χ4n) is 3.49. The van der Waals surface area contributed by atoms with E-state index in [2.05, 4.69) is 13.0 Å². The van der Waals surface area contributed by atoms with Crippen molar-refractivity contribution < 1.29 is 23.0 Å². The summed E-state index contributed by atoms with van der Waals surface area (Å²) in [6.45, 7) is 4.28. The minimum atomic E-state index is -0.594. The summed E-state index contributed by atoms with van der Waals surface area (Å²) in [6, 6.07) is 2.30. The molecule has 24 heavy (non-hydrogen) atoms. The number of allylic oxidation sites excluding steroid dienone is 2. The highest BCUT2D eigenvalue weighted by molar-refractivity contribution is 5.35. The molecule has 1 aromatic carbocycles. The lowest BCUT2D eigenvalue weighted by Crippen LogP contribution is -2.40. The summed E-state index contributed by atoms with van der Waals surface area (Å²) in [4.78, 5) is 0. The molecule has 1 aromatic rings. The Balaban J connectivity index is 1.87. The molecule has 0 saturated carbocycles. The van der Waals surface area contributed by atoms with Crippen LogP contribution in [0.25, 0.3) is 0 Å². The van der Waals surface area contributed by atoms with Crippen molar-refractivity contribution in [2.24, 2.45) is 5.92 Å². The zero-order valence-electron chi connectivity index (χ0n) is 14.2. The molecule has 0 radical (unpaired) electrons. The van der Waals surface area contributed by atoms with E-state index in [0.717, 1.165) is 24.7 Å². The Morgan fingerprint density at radius 2 is 2.04 bits per heavy atom. The van der Waals surface area contributed by atoms with Crippen molar-refractivity contribution in [2.75, 3.05) is 13.9 Å². The first-order valence-electron chi connectivity index (χ1n) is 8.19. The van der Waals surface area contributed by atoms with Gasteiger partial charge in [0.2, 0.25) is 0 Å². The number of ether oxygens (including phenoxy) is 3. The molecule has 3 rings (SSSR count). The predicted molar refractivity (Wildman–Crippen MR) is 86.6 cm³/mol. The number of halogens is 2. The summed E-state index contributed by atoms with van der Waals surface area (Å²) >= 11 is 0. The van der Waals surface area contributed by atoms with Gasteiger partial charge in [-0.25, -0.2) is 8.78 Å². The second-order valence-electron chi connectivity index (χ2n) is 6.37. The maximum atomic E-state index is 14.3. The predicted octanol–water partition coefficient (Wildman–Crippen LogP) is 4.52. The normalized spacial score (nSPS) is 23.9. The van der Waals surface area contributed by atoms with Gasteiger partial charge in [-0.2, -0.15) is 0 Å². The van der Waals surface area contributed by atoms with Gasteiger partial charge in [0.25, 0.3) is 0 Å². The zero-order chi connectivity index (χ0) is 17.3. The first kappa shape index (κ1) is 17.0. The maximum Gasteiger partial charge on any atom is 0.189 e. The maximum absolute atomic E-state index is 14.3. The molecule has 0 aromatic heterocycles. The molecule has 1 aliphatic heterocycles. The summed E-state index contributed by atoms with van der Waals surface area (Å²) in [7, 11) is 1.32.